The molecule has 88 valence electrons. The topological polar surface area (TPSA) is 73.8 Å². The van der Waals surface area contributed by atoms with Crippen LogP contribution >= 0.6 is 0 Å². The van der Waals surface area contributed by atoms with Crippen molar-refractivity contribution in [1.82, 2.24) is 14.5 Å². The van der Waals surface area contributed by atoms with E-state index in [1.807, 2.05) is 12.1 Å². The zero-order valence-electron chi connectivity index (χ0n) is 9.41. The normalized spacial score (nSPS) is 10.4. The summed E-state index contributed by atoms with van der Waals surface area (Å²) in [6.45, 7) is 0. The van der Waals surface area contributed by atoms with Gasteiger partial charge in [-0.25, -0.2) is 9.55 Å². The molecule has 0 aromatic carbocycles. The lowest BCUT2D eigenvalue weighted by atomic mass is 10.1. The Morgan fingerprint density at radius 1 is 1.41 bits per heavy atom. The van der Waals surface area contributed by atoms with Crippen LogP contribution in [0.2, 0.25) is 0 Å². The highest BCUT2D eigenvalue weighted by molar-refractivity contribution is 5.19. The van der Waals surface area contributed by atoms with Crippen LogP contribution in [0.5, 0.6) is 0 Å². The summed E-state index contributed by atoms with van der Waals surface area (Å²) in [5, 5.41) is 10.6. The Hall–Kier alpha value is -2.24. The van der Waals surface area contributed by atoms with Gasteiger partial charge in [-0.1, -0.05) is 6.07 Å². The average Bonchev–Trinajstić information content (AvgIpc) is 2.69. The predicted molar refractivity (Wildman–Crippen MR) is 61.5 cm³/mol. The second-order valence-electron chi connectivity index (χ2n) is 3.71. The van der Waals surface area contributed by atoms with Gasteiger partial charge in [0.25, 0.3) is 0 Å². The van der Waals surface area contributed by atoms with Crippen molar-refractivity contribution in [1.29, 1.82) is 0 Å². The monoisotopic (exact) mass is 232 g/mol. The van der Waals surface area contributed by atoms with Gasteiger partial charge in [0.15, 0.2) is 5.82 Å². The van der Waals surface area contributed by atoms with Gasteiger partial charge in [0.05, 0.1) is 7.05 Å². The van der Waals surface area contributed by atoms with Crippen molar-refractivity contribution in [2.24, 2.45) is 7.05 Å². The lowest BCUT2D eigenvalue weighted by molar-refractivity contribution is -0.391. The van der Waals surface area contributed by atoms with Crippen molar-refractivity contribution in [3.63, 3.8) is 0 Å². The van der Waals surface area contributed by atoms with Crippen LogP contribution in [0, 0.1) is 10.1 Å². The van der Waals surface area contributed by atoms with Crippen molar-refractivity contribution in [3.05, 3.63) is 52.2 Å². The molecule has 0 atom stereocenters. The van der Waals surface area contributed by atoms with E-state index < -0.39 is 4.92 Å². The molecule has 0 N–H and O–H groups in total. The molecule has 0 bridgehead atoms. The van der Waals surface area contributed by atoms with E-state index in [1.165, 1.54) is 10.8 Å². The summed E-state index contributed by atoms with van der Waals surface area (Å²) in [7, 11) is 1.66. The van der Waals surface area contributed by atoms with Crippen LogP contribution in [0.3, 0.4) is 0 Å². The minimum absolute atomic E-state index is 0.0196. The second-order valence-corrected chi connectivity index (χ2v) is 3.71. The molecule has 0 fully saturated rings. The van der Waals surface area contributed by atoms with E-state index in [9.17, 15) is 10.1 Å². The minimum Gasteiger partial charge on any atom is -0.358 e. The molecule has 0 amide bonds. The molecule has 0 radical (unpaired) electrons. The van der Waals surface area contributed by atoms with Crippen LogP contribution in [0.25, 0.3) is 0 Å². The molecule has 0 aliphatic heterocycles. The summed E-state index contributed by atoms with van der Waals surface area (Å²) in [6, 6.07) is 3.85. The molecule has 6 heteroatoms. The van der Waals surface area contributed by atoms with E-state index in [1.54, 1.807) is 19.4 Å². The first kappa shape index (κ1) is 11.3. The maximum atomic E-state index is 10.6. The Bertz CT molecular complexity index is 522. The van der Waals surface area contributed by atoms with Crippen molar-refractivity contribution in [2.75, 3.05) is 0 Å². The SMILES string of the molecule is Cn1c([N+](=O)[O-])cnc1CCc1cccnc1. The Labute approximate surface area is 98.1 Å². The van der Waals surface area contributed by atoms with Crippen LogP contribution < -0.4 is 0 Å². The van der Waals surface area contributed by atoms with Gasteiger partial charge in [0, 0.05) is 18.8 Å². The van der Waals surface area contributed by atoms with Crippen LogP contribution in [0.4, 0.5) is 5.82 Å². The number of hydrogen-bond donors (Lipinski definition) is 0. The largest absolute Gasteiger partial charge is 0.358 e. The Morgan fingerprint density at radius 3 is 2.82 bits per heavy atom. The van der Waals surface area contributed by atoms with E-state index in [0.29, 0.717) is 12.2 Å². The average molecular weight is 232 g/mol. The van der Waals surface area contributed by atoms with Gasteiger partial charge in [-0.05, 0) is 23.0 Å². The molecule has 0 unspecified atom stereocenters. The van der Waals surface area contributed by atoms with Crippen molar-refractivity contribution >= 4 is 5.82 Å². The standard InChI is InChI=1S/C11H12N4O2/c1-14-10(13-8-11(14)15(16)17)5-4-9-3-2-6-12-7-9/h2-3,6-8H,4-5H2,1H3. The molecular formula is C11H12N4O2. The fourth-order valence-electron chi connectivity index (χ4n) is 1.64. The fourth-order valence-corrected chi connectivity index (χ4v) is 1.64. The van der Waals surface area contributed by atoms with Crippen LogP contribution in [0.1, 0.15) is 11.4 Å². The van der Waals surface area contributed by atoms with Gasteiger partial charge < -0.3 is 10.1 Å². The smallest absolute Gasteiger partial charge is 0.342 e. The highest BCUT2D eigenvalue weighted by Gasteiger charge is 2.15. The van der Waals surface area contributed by atoms with E-state index >= 15 is 0 Å². The number of aromatic nitrogens is 3. The van der Waals surface area contributed by atoms with Gasteiger partial charge in [-0.2, -0.15) is 0 Å². The second kappa shape index (κ2) is 4.73. The summed E-state index contributed by atoms with van der Waals surface area (Å²) in [5.74, 6) is 0.728. The maximum Gasteiger partial charge on any atom is 0.342 e. The van der Waals surface area contributed by atoms with Crippen molar-refractivity contribution in [2.45, 2.75) is 12.8 Å². The number of nitro groups is 1. The molecule has 2 rings (SSSR count). The van der Waals surface area contributed by atoms with Gasteiger partial charge in [0.1, 0.15) is 6.20 Å². The summed E-state index contributed by atoms with van der Waals surface area (Å²) in [4.78, 5) is 18.3. The first-order valence-electron chi connectivity index (χ1n) is 5.22. The molecule has 6 nitrogen and oxygen atoms in total. The molecule has 0 aliphatic carbocycles. The first-order chi connectivity index (χ1) is 8.18. The summed E-state index contributed by atoms with van der Waals surface area (Å²) < 4.78 is 1.51. The number of rotatable bonds is 4. The molecule has 0 spiro atoms. The van der Waals surface area contributed by atoms with Gasteiger partial charge in [0.2, 0.25) is 0 Å². The van der Waals surface area contributed by atoms with Gasteiger partial charge in [-0.3, -0.25) is 4.98 Å². The molecule has 2 aromatic heterocycles. The Morgan fingerprint density at radius 2 is 2.24 bits per heavy atom. The number of pyridine rings is 1. The lowest BCUT2D eigenvalue weighted by Gasteiger charge is -1.99. The summed E-state index contributed by atoms with van der Waals surface area (Å²) >= 11 is 0. The lowest BCUT2D eigenvalue weighted by Crippen LogP contribution is -2.03. The zero-order valence-corrected chi connectivity index (χ0v) is 9.41. The minimum atomic E-state index is -0.430. The third kappa shape index (κ3) is 2.47. The Balaban J connectivity index is 2.07. The molecule has 2 heterocycles. The first-order valence-corrected chi connectivity index (χ1v) is 5.22. The predicted octanol–water partition coefficient (Wildman–Crippen LogP) is 1.51. The van der Waals surface area contributed by atoms with Gasteiger partial charge >= 0.3 is 5.82 Å². The molecule has 0 aliphatic rings. The van der Waals surface area contributed by atoms with Crippen LogP contribution in [0.15, 0.2) is 30.7 Å². The molecule has 0 saturated carbocycles. The highest BCUT2D eigenvalue weighted by atomic mass is 16.6. The molecule has 2 aromatic rings. The third-order valence-corrected chi connectivity index (χ3v) is 2.61. The van der Waals surface area contributed by atoms with Crippen LogP contribution in [-0.2, 0) is 19.9 Å². The van der Waals surface area contributed by atoms with E-state index in [4.69, 9.17) is 0 Å². The summed E-state index contributed by atoms with van der Waals surface area (Å²) in [6.07, 6.45) is 6.23. The van der Waals surface area contributed by atoms with Gasteiger partial charge in [-0.15, -0.1) is 0 Å². The molecule has 0 saturated heterocycles. The van der Waals surface area contributed by atoms with Crippen LogP contribution in [-0.4, -0.2) is 19.5 Å². The van der Waals surface area contributed by atoms with E-state index in [0.717, 1.165) is 12.0 Å². The highest BCUT2D eigenvalue weighted by Crippen LogP contribution is 2.13. The number of nitrogens with zero attached hydrogens (tertiary/aromatic N) is 4. The Kier molecular flexibility index (Phi) is 3.13. The fraction of sp³-hybridized carbons (Fsp3) is 0.273. The molecule has 17 heavy (non-hydrogen) atoms. The zero-order chi connectivity index (χ0) is 12.3. The quantitative estimate of drug-likeness (QED) is 0.591. The third-order valence-electron chi connectivity index (χ3n) is 2.61. The molecular weight excluding hydrogens is 220 g/mol. The van der Waals surface area contributed by atoms with Crippen molar-refractivity contribution in [3.8, 4) is 0 Å². The number of imidazole rings is 1. The maximum absolute atomic E-state index is 10.6. The van der Waals surface area contributed by atoms with Crippen molar-refractivity contribution < 1.29 is 4.92 Å². The number of aryl methyl sites for hydroxylation is 2. The number of hydrogen-bond acceptors (Lipinski definition) is 4. The van der Waals surface area contributed by atoms with E-state index in [2.05, 4.69) is 9.97 Å². The summed E-state index contributed by atoms with van der Waals surface area (Å²) in [5.41, 5.74) is 1.10. The van der Waals surface area contributed by atoms with E-state index in [-0.39, 0.29) is 5.82 Å².